The molecule has 0 aliphatic carbocycles. The van der Waals surface area contributed by atoms with Gasteiger partial charge in [-0.05, 0) is 17.7 Å². The van der Waals surface area contributed by atoms with Gasteiger partial charge in [-0.1, -0.05) is 6.07 Å². The molecule has 1 aliphatic rings. The Bertz CT molecular complexity index is 471. The Hall–Kier alpha value is -1.35. The number of aromatic nitrogens is 1. The lowest BCUT2D eigenvalue weighted by atomic mass is 9.94. The van der Waals surface area contributed by atoms with Crippen LogP contribution >= 0.6 is 0 Å². The Kier molecular flexibility index (Phi) is 1.61. The molecule has 72 valence electrons. The first kappa shape index (κ1) is 8.00. The number of benzene rings is 1. The molecule has 1 aromatic carbocycles. The van der Waals surface area contributed by atoms with Gasteiger partial charge in [-0.15, -0.1) is 0 Å². The maximum absolute atomic E-state index is 5.43. The fraction of sp³-hybridized carbons (Fsp3) is 0.364. The Morgan fingerprint density at radius 1 is 1.43 bits per heavy atom. The molecule has 2 aromatic rings. The summed E-state index contributed by atoms with van der Waals surface area (Å²) >= 11 is 0. The smallest absolute Gasteiger partial charge is 0.192 e. The van der Waals surface area contributed by atoms with Crippen molar-refractivity contribution in [3.05, 3.63) is 29.7 Å². The number of hydrogen-bond acceptors (Lipinski definition) is 3. The number of aryl methyl sites for hydroxylation is 1. The van der Waals surface area contributed by atoms with Crippen LogP contribution in [0.4, 0.5) is 0 Å². The highest BCUT2D eigenvalue weighted by molar-refractivity contribution is 5.73. The second kappa shape index (κ2) is 2.82. The van der Waals surface area contributed by atoms with Crippen LogP contribution in [0.5, 0.6) is 0 Å². The van der Waals surface area contributed by atoms with Crippen LogP contribution in [0.15, 0.2) is 22.6 Å². The van der Waals surface area contributed by atoms with E-state index in [1.807, 2.05) is 13.0 Å². The molecule has 1 saturated heterocycles. The molecule has 1 aromatic heterocycles. The number of nitrogens with one attached hydrogen (secondary N) is 1. The molecule has 0 unspecified atom stereocenters. The van der Waals surface area contributed by atoms with Crippen molar-refractivity contribution >= 4 is 11.1 Å². The van der Waals surface area contributed by atoms with Gasteiger partial charge in [-0.2, -0.15) is 0 Å². The van der Waals surface area contributed by atoms with Crippen LogP contribution in [-0.2, 0) is 0 Å². The zero-order valence-corrected chi connectivity index (χ0v) is 8.08. The van der Waals surface area contributed by atoms with Gasteiger partial charge >= 0.3 is 0 Å². The molecule has 0 amide bonds. The third kappa shape index (κ3) is 1.13. The predicted molar refractivity (Wildman–Crippen MR) is 54.4 cm³/mol. The van der Waals surface area contributed by atoms with E-state index in [0.29, 0.717) is 5.92 Å². The standard InChI is InChI=1S/C11H12N2O/c1-7-13-10-4-8(9-5-12-6-9)2-3-11(10)14-7/h2-4,9,12H,5-6H2,1H3. The summed E-state index contributed by atoms with van der Waals surface area (Å²) in [6, 6.07) is 6.29. The molecule has 0 saturated carbocycles. The Morgan fingerprint density at radius 2 is 2.29 bits per heavy atom. The van der Waals surface area contributed by atoms with Gasteiger partial charge in [0.25, 0.3) is 0 Å². The van der Waals surface area contributed by atoms with E-state index >= 15 is 0 Å². The summed E-state index contributed by atoms with van der Waals surface area (Å²) in [7, 11) is 0. The van der Waals surface area contributed by atoms with Crippen molar-refractivity contribution in [1.29, 1.82) is 0 Å². The first-order valence-electron chi connectivity index (χ1n) is 4.91. The molecule has 1 aliphatic heterocycles. The van der Waals surface area contributed by atoms with E-state index in [0.717, 1.165) is 30.1 Å². The molecule has 3 rings (SSSR count). The third-order valence-corrected chi connectivity index (χ3v) is 2.77. The molecular formula is C11H12N2O. The molecule has 0 radical (unpaired) electrons. The van der Waals surface area contributed by atoms with Crippen molar-refractivity contribution in [1.82, 2.24) is 10.3 Å². The lowest BCUT2D eigenvalue weighted by Crippen LogP contribution is -2.39. The number of rotatable bonds is 1. The van der Waals surface area contributed by atoms with Crippen LogP contribution in [0.25, 0.3) is 11.1 Å². The van der Waals surface area contributed by atoms with E-state index in [2.05, 4.69) is 22.4 Å². The molecule has 0 atom stereocenters. The Morgan fingerprint density at radius 3 is 3.00 bits per heavy atom. The number of nitrogens with zero attached hydrogens (tertiary/aromatic N) is 1. The summed E-state index contributed by atoms with van der Waals surface area (Å²) < 4.78 is 5.43. The van der Waals surface area contributed by atoms with Crippen LogP contribution in [-0.4, -0.2) is 18.1 Å². The van der Waals surface area contributed by atoms with Crippen molar-refractivity contribution in [3.8, 4) is 0 Å². The molecule has 3 nitrogen and oxygen atoms in total. The average molecular weight is 188 g/mol. The monoisotopic (exact) mass is 188 g/mol. The zero-order valence-electron chi connectivity index (χ0n) is 8.08. The molecular weight excluding hydrogens is 176 g/mol. The van der Waals surface area contributed by atoms with Crippen LogP contribution in [0, 0.1) is 6.92 Å². The molecule has 1 fully saturated rings. The van der Waals surface area contributed by atoms with Crippen LogP contribution in [0.3, 0.4) is 0 Å². The molecule has 3 heteroatoms. The second-order valence-electron chi connectivity index (χ2n) is 3.82. The first-order valence-corrected chi connectivity index (χ1v) is 4.91. The predicted octanol–water partition coefficient (Wildman–Crippen LogP) is 1.82. The highest BCUT2D eigenvalue weighted by Gasteiger charge is 2.19. The highest BCUT2D eigenvalue weighted by Crippen LogP contribution is 2.24. The van der Waals surface area contributed by atoms with Gasteiger partial charge < -0.3 is 9.73 Å². The largest absolute Gasteiger partial charge is 0.441 e. The fourth-order valence-electron chi connectivity index (χ4n) is 1.84. The first-order chi connectivity index (χ1) is 6.83. The van der Waals surface area contributed by atoms with Crippen LogP contribution in [0.2, 0.25) is 0 Å². The summed E-state index contributed by atoms with van der Waals surface area (Å²) in [6.07, 6.45) is 0. The number of fused-ring (bicyclic) bond motifs is 1. The van der Waals surface area contributed by atoms with E-state index in [9.17, 15) is 0 Å². The lowest BCUT2D eigenvalue weighted by Gasteiger charge is -2.27. The van der Waals surface area contributed by atoms with Gasteiger partial charge in [0.05, 0.1) is 0 Å². The number of hydrogen-bond donors (Lipinski definition) is 1. The maximum atomic E-state index is 5.43. The summed E-state index contributed by atoms with van der Waals surface area (Å²) in [5, 5.41) is 3.27. The molecule has 2 heterocycles. The normalized spacial score (nSPS) is 17.2. The van der Waals surface area contributed by atoms with Crippen molar-refractivity contribution in [2.75, 3.05) is 13.1 Å². The summed E-state index contributed by atoms with van der Waals surface area (Å²) in [5.74, 6) is 1.40. The van der Waals surface area contributed by atoms with Crippen molar-refractivity contribution < 1.29 is 4.42 Å². The summed E-state index contributed by atoms with van der Waals surface area (Å²) in [5.41, 5.74) is 3.23. The van der Waals surface area contributed by atoms with Crippen molar-refractivity contribution in [2.45, 2.75) is 12.8 Å². The minimum Gasteiger partial charge on any atom is -0.441 e. The average Bonchev–Trinajstić information content (AvgIpc) is 2.40. The minimum atomic E-state index is 0.663. The highest BCUT2D eigenvalue weighted by atomic mass is 16.3. The quantitative estimate of drug-likeness (QED) is 0.741. The fourth-order valence-corrected chi connectivity index (χ4v) is 1.84. The van der Waals surface area contributed by atoms with E-state index in [-0.39, 0.29) is 0 Å². The van der Waals surface area contributed by atoms with Gasteiger partial charge in [0, 0.05) is 25.9 Å². The van der Waals surface area contributed by atoms with Crippen LogP contribution < -0.4 is 5.32 Å². The lowest BCUT2D eigenvalue weighted by molar-refractivity contribution is 0.448. The third-order valence-electron chi connectivity index (χ3n) is 2.77. The Balaban J connectivity index is 2.09. The molecule has 14 heavy (non-hydrogen) atoms. The maximum Gasteiger partial charge on any atom is 0.192 e. The van der Waals surface area contributed by atoms with E-state index in [1.165, 1.54) is 5.56 Å². The van der Waals surface area contributed by atoms with Crippen molar-refractivity contribution in [2.24, 2.45) is 0 Å². The van der Waals surface area contributed by atoms with E-state index in [4.69, 9.17) is 4.42 Å². The SMILES string of the molecule is Cc1nc2cc(C3CNC3)ccc2o1. The molecule has 0 bridgehead atoms. The minimum absolute atomic E-state index is 0.663. The second-order valence-corrected chi connectivity index (χ2v) is 3.82. The topological polar surface area (TPSA) is 38.1 Å². The van der Waals surface area contributed by atoms with Gasteiger partial charge in [-0.3, -0.25) is 0 Å². The number of oxazole rings is 1. The molecule has 0 spiro atoms. The van der Waals surface area contributed by atoms with E-state index < -0.39 is 0 Å². The summed E-state index contributed by atoms with van der Waals surface area (Å²) in [6.45, 7) is 4.05. The van der Waals surface area contributed by atoms with Gasteiger partial charge in [0.2, 0.25) is 0 Å². The zero-order chi connectivity index (χ0) is 9.54. The van der Waals surface area contributed by atoms with E-state index in [1.54, 1.807) is 0 Å². The van der Waals surface area contributed by atoms with Gasteiger partial charge in [-0.25, -0.2) is 4.98 Å². The summed E-state index contributed by atoms with van der Waals surface area (Å²) in [4.78, 5) is 4.33. The van der Waals surface area contributed by atoms with Crippen molar-refractivity contribution in [3.63, 3.8) is 0 Å². The molecule has 1 N–H and O–H groups in total. The van der Waals surface area contributed by atoms with Crippen LogP contribution in [0.1, 0.15) is 17.4 Å². The Labute approximate surface area is 82.1 Å². The van der Waals surface area contributed by atoms with Gasteiger partial charge in [0.15, 0.2) is 11.5 Å². The van der Waals surface area contributed by atoms with Gasteiger partial charge in [0.1, 0.15) is 5.52 Å².